The number of aromatic nitrogens is 1. The quantitative estimate of drug-likeness (QED) is 0.565. The molecule has 1 amide bonds. The molecule has 1 aromatic heterocycles. The molecule has 1 fully saturated rings. The summed E-state index contributed by atoms with van der Waals surface area (Å²) in [5.74, 6) is 0.595. The van der Waals surface area contributed by atoms with E-state index >= 15 is 0 Å². The molecular weight excluding hydrogens is 372 g/mol. The summed E-state index contributed by atoms with van der Waals surface area (Å²) in [6, 6.07) is 11.3. The Kier molecular flexibility index (Phi) is 7.49. The summed E-state index contributed by atoms with van der Waals surface area (Å²) in [6.45, 7) is 4.85. The number of halogens is 1. The summed E-state index contributed by atoms with van der Waals surface area (Å²) in [6.07, 6.45) is 9.94. The Balaban J connectivity index is 1.69. The number of rotatable bonds is 8. The van der Waals surface area contributed by atoms with Crippen LogP contribution in [0.5, 0.6) is 5.75 Å². The molecule has 1 aromatic carbocycles. The van der Waals surface area contributed by atoms with Crippen LogP contribution in [-0.4, -0.2) is 35.0 Å². The van der Waals surface area contributed by atoms with Crippen LogP contribution in [-0.2, 0) is 6.42 Å². The predicted molar refractivity (Wildman–Crippen MR) is 113 cm³/mol. The molecular formula is C23H27ClN2O2. The number of benzene rings is 1. The van der Waals surface area contributed by atoms with E-state index in [0.29, 0.717) is 35.9 Å². The second kappa shape index (κ2) is 10.3. The minimum Gasteiger partial charge on any atom is -0.493 e. The Bertz CT molecular complexity index is 788. The van der Waals surface area contributed by atoms with E-state index in [1.54, 1.807) is 30.5 Å². The maximum atomic E-state index is 13.2. The molecule has 1 aliphatic rings. The van der Waals surface area contributed by atoms with Gasteiger partial charge < -0.3 is 9.64 Å². The molecule has 0 atom stereocenters. The third kappa shape index (κ3) is 5.59. The number of hydrogen-bond donors (Lipinski definition) is 0. The van der Waals surface area contributed by atoms with Gasteiger partial charge >= 0.3 is 0 Å². The maximum Gasteiger partial charge on any atom is 0.254 e. The predicted octanol–water partition coefficient (Wildman–Crippen LogP) is 5.32. The molecule has 0 N–H and O–H groups in total. The van der Waals surface area contributed by atoms with Gasteiger partial charge in [0.15, 0.2) is 0 Å². The minimum atomic E-state index is -0.0103. The van der Waals surface area contributed by atoms with Crippen molar-refractivity contribution in [1.29, 1.82) is 0 Å². The summed E-state index contributed by atoms with van der Waals surface area (Å²) >= 11 is 6.27. The van der Waals surface area contributed by atoms with Crippen LogP contribution in [0.25, 0.3) is 0 Å². The van der Waals surface area contributed by atoms with Gasteiger partial charge in [0.1, 0.15) is 5.75 Å². The fourth-order valence-electron chi connectivity index (χ4n) is 3.68. The number of hydrogen-bond acceptors (Lipinski definition) is 3. The first kappa shape index (κ1) is 20.4. The summed E-state index contributed by atoms with van der Waals surface area (Å²) in [5.41, 5.74) is 1.53. The molecule has 0 unspecified atom stereocenters. The van der Waals surface area contributed by atoms with E-state index in [1.165, 1.54) is 19.3 Å². The molecule has 0 spiro atoms. The van der Waals surface area contributed by atoms with Gasteiger partial charge in [0.25, 0.3) is 5.91 Å². The van der Waals surface area contributed by atoms with Crippen LogP contribution in [0.4, 0.5) is 0 Å². The normalized spacial score (nSPS) is 14.5. The van der Waals surface area contributed by atoms with Gasteiger partial charge in [0, 0.05) is 41.5 Å². The molecule has 0 saturated heterocycles. The van der Waals surface area contributed by atoms with E-state index in [4.69, 9.17) is 16.3 Å². The van der Waals surface area contributed by atoms with Gasteiger partial charge in [-0.3, -0.25) is 9.78 Å². The number of ether oxygens (including phenoxy) is 1. The van der Waals surface area contributed by atoms with E-state index < -0.39 is 0 Å². The lowest BCUT2D eigenvalue weighted by atomic mass is 9.93. The molecule has 0 aliphatic heterocycles. The Morgan fingerprint density at radius 3 is 2.79 bits per heavy atom. The highest BCUT2D eigenvalue weighted by molar-refractivity contribution is 6.31. The van der Waals surface area contributed by atoms with Crippen molar-refractivity contribution >= 4 is 17.5 Å². The molecule has 0 bridgehead atoms. The second-order valence-corrected chi connectivity index (χ2v) is 7.57. The molecule has 5 heteroatoms. The molecule has 28 heavy (non-hydrogen) atoms. The zero-order valence-electron chi connectivity index (χ0n) is 16.1. The van der Waals surface area contributed by atoms with Crippen LogP contribution in [0.2, 0.25) is 5.02 Å². The van der Waals surface area contributed by atoms with E-state index in [2.05, 4.69) is 11.6 Å². The average molecular weight is 399 g/mol. The topological polar surface area (TPSA) is 42.4 Å². The fraction of sp³-hybridized carbons (Fsp3) is 0.391. The summed E-state index contributed by atoms with van der Waals surface area (Å²) in [5, 5.41) is 0.501. The molecule has 0 radical (unpaired) electrons. The SMILES string of the molecule is C=CCN(C(=O)c1cc(Cl)cc(OCCc2ccccn2)c1)C1CCCCC1. The summed E-state index contributed by atoms with van der Waals surface area (Å²) in [7, 11) is 0. The van der Waals surface area contributed by atoms with Crippen molar-refractivity contribution in [2.24, 2.45) is 0 Å². The van der Waals surface area contributed by atoms with E-state index in [1.807, 2.05) is 23.1 Å². The molecule has 1 aliphatic carbocycles. The number of nitrogens with zero attached hydrogens (tertiary/aromatic N) is 2. The molecule has 4 nitrogen and oxygen atoms in total. The van der Waals surface area contributed by atoms with Crippen molar-refractivity contribution in [2.75, 3.05) is 13.2 Å². The van der Waals surface area contributed by atoms with Crippen molar-refractivity contribution in [3.05, 3.63) is 71.5 Å². The average Bonchev–Trinajstić information content (AvgIpc) is 2.72. The monoisotopic (exact) mass is 398 g/mol. The van der Waals surface area contributed by atoms with Crippen molar-refractivity contribution < 1.29 is 9.53 Å². The molecule has 2 aromatic rings. The van der Waals surface area contributed by atoms with E-state index in [0.717, 1.165) is 18.5 Å². The molecule has 1 heterocycles. The highest BCUT2D eigenvalue weighted by atomic mass is 35.5. The largest absolute Gasteiger partial charge is 0.493 e. The van der Waals surface area contributed by atoms with Gasteiger partial charge in [-0.25, -0.2) is 0 Å². The lowest BCUT2D eigenvalue weighted by Crippen LogP contribution is -2.41. The van der Waals surface area contributed by atoms with Crippen LogP contribution >= 0.6 is 11.6 Å². The first-order chi connectivity index (χ1) is 13.7. The van der Waals surface area contributed by atoms with Crippen LogP contribution in [0.1, 0.15) is 48.2 Å². The summed E-state index contributed by atoms with van der Waals surface area (Å²) < 4.78 is 5.85. The Labute approximate surface area is 172 Å². The van der Waals surface area contributed by atoms with Gasteiger partial charge in [0.2, 0.25) is 0 Å². The molecule has 1 saturated carbocycles. The fourth-order valence-corrected chi connectivity index (χ4v) is 3.91. The van der Waals surface area contributed by atoms with Gasteiger partial charge in [-0.05, 0) is 43.2 Å². The highest BCUT2D eigenvalue weighted by Crippen LogP contribution is 2.27. The lowest BCUT2D eigenvalue weighted by Gasteiger charge is -2.34. The lowest BCUT2D eigenvalue weighted by molar-refractivity contribution is 0.0662. The Morgan fingerprint density at radius 1 is 1.25 bits per heavy atom. The molecule has 148 valence electrons. The summed E-state index contributed by atoms with van der Waals surface area (Å²) in [4.78, 5) is 19.4. The van der Waals surface area contributed by atoms with Crippen LogP contribution in [0, 0.1) is 0 Å². The zero-order chi connectivity index (χ0) is 19.8. The van der Waals surface area contributed by atoms with Gasteiger partial charge in [0.05, 0.1) is 6.61 Å². The third-order valence-corrected chi connectivity index (χ3v) is 5.29. The second-order valence-electron chi connectivity index (χ2n) is 7.13. The Morgan fingerprint density at radius 2 is 2.07 bits per heavy atom. The van der Waals surface area contributed by atoms with Gasteiger partial charge in [-0.1, -0.05) is 43.0 Å². The smallest absolute Gasteiger partial charge is 0.254 e. The third-order valence-electron chi connectivity index (χ3n) is 5.07. The highest BCUT2D eigenvalue weighted by Gasteiger charge is 2.26. The first-order valence-electron chi connectivity index (χ1n) is 9.92. The number of carbonyl (C=O) groups excluding carboxylic acids is 1. The van der Waals surface area contributed by atoms with Crippen LogP contribution in [0.3, 0.4) is 0 Å². The van der Waals surface area contributed by atoms with Crippen LogP contribution < -0.4 is 4.74 Å². The van der Waals surface area contributed by atoms with E-state index in [-0.39, 0.29) is 11.9 Å². The number of amides is 1. The van der Waals surface area contributed by atoms with Crippen molar-refractivity contribution in [3.63, 3.8) is 0 Å². The number of pyridine rings is 1. The van der Waals surface area contributed by atoms with Crippen molar-refractivity contribution in [2.45, 2.75) is 44.6 Å². The number of carbonyl (C=O) groups is 1. The first-order valence-corrected chi connectivity index (χ1v) is 10.3. The minimum absolute atomic E-state index is 0.0103. The zero-order valence-corrected chi connectivity index (χ0v) is 16.9. The maximum absolute atomic E-state index is 13.2. The Hall–Kier alpha value is -2.33. The van der Waals surface area contributed by atoms with Crippen LogP contribution in [0.15, 0.2) is 55.3 Å². The standard InChI is InChI=1S/C23H27ClN2O2/c1-2-13-26(21-9-4-3-5-10-21)23(27)18-15-19(24)17-22(16-18)28-14-11-20-8-6-7-12-25-20/h2,6-8,12,15-17,21H,1,3-5,9-11,13-14H2. The van der Waals surface area contributed by atoms with Crippen molar-refractivity contribution in [1.82, 2.24) is 9.88 Å². The molecule has 3 rings (SSSR count). The van der Waals surface area contributed by atoms with Gasteiger partial charge in [-0.15, -0.1) is 6.58 Å². The van der Waals surface area contributed by atoms with Gasteiger partial charge in [-0.2, -0.15) is 0 Å². The van der Waals surface area contributed by atoms with Crippen molar-refractivity contribution in [3.8, 4) is 5.75 Å². The van der Waals surface area contributed by atoms with E-state index in [9.17, 15) is 4.79 Å².